The number of aryl methyl sites for hydroxylation is 1. The van der Waals surface area contributed by atoms with Crippen LogP contribution in [-0.2, 0) is 12.4 Å². The summed E-state index contributed by atoms with van der Waals surface area (Å²) < 4.78 is 81.9. The predicted molar refractivity (Wildman–Crippen MR) is 70.2 cm³/mol. The van der Waals surface area contributed by atoms with Gasteiger partial charge in [-0.1, -0.05) is 6.07 Å². The molecule has 0 bridgehead atoms. The number of pyridine rings is 1. The van der Waals surface area contributed by atoms with Crippen LogP contribution in [0.25, 0.3) is 0 Å². The summed E-state index contributed by atoms with van der Waals surface area (Å²) in [6.45, 7) is 1.25. The van der Waals surface area contributed by atoms with E-state index in [2.05, 4.69) is 4.98 Å². The highest BCUT2D eigenvalue weighted by Crippen LogP contribution is 2.37. The Balaban J connectivity index is 2.52. The molecule has 1 aromatic heterocycles. The van der Waals surface area contributed by atoms with Crippen LogP contribution in [0, 0.1) is 18.3 Å². The number of ether oxygens (including phenoxy) is 1. The molecule has 3 nitrogen and oxygen atoms in total. The quantitative estimate of drug-likeness (QED) is 0.712. The van der Waals surface area contributed by atoms with Gasteiger partial charge in [-0.3, -0.25) is 0 Å². The van der Waals surface area contributed by atoms with E-state index < -0.39 is 34.9 Å². The van der Waals surface area contributed by atoms with Crippen molar-refractivity contribution in [2.24, 2.45) is 0 Å². The van der Waals surface area contributed by atoms with Gasteiger partial charge in [-0.15, -0.1) is 0 Å². The predicted octanol–water partition coefficient (Wildman–Crippen LogP) is 5.09. The standard InChI is InChI=1S/C15H8F6N2O/c1-8-5-12(15(19,20)21)11(7-22)13(23-8)24-10-4-2-3-9(6-10)14(16,17)18/h2-6H,1H3. The number of rotatable bonds is 2. The van der Waals surface area contributed by atoms with E-state index in [1.165, 1.54) is 13.0 Å². The summed E-state index contributed by atoms with van der Waals surface area (Å²) in [6, 6.07) is 5.54. The van der Waals surface area contributed by atoms with Crippen LogP contribution in [0.5, 0.6) is 11.6 Å². The van der Waals surface area contributed by atoms with Gasteiger partial charge in [-0.25, -0.2) is 4.98 Å². The highest BCUT2D eigenvalue weighted by atomic mass is 19.4. The van der Waals surface area contributed by atoms with Crippen molar-refractivity contribution in [3.8, 4) is 17.7 Å². The molecule has 0 saturated heterocycles. The fourth-order valence-electron chi connectivity index (χ4n) is 1.90. The van der Waals surface area contributed by atoms with E-state index in [0.717, 1.165) is 18.2 Å². The Morgan fingerprint density at radius 2 is 1.71 bits per heavy atom. The third-order valence-corrected chi connectivity index (χ3v) is 2.91. The lowest BCUT2D eigenvalue weighted by Crippen LogP contribution is -2.11. The Morgan fingerprint density at radius 3 is 2.25 bits per heavy atom. The van der Waals surface area contributed by atoms with Crippen molar-refractivity contribution < 1.29 is 31.1 Å². The largest absolute Gasteiger partial charge is 0.438 e. The second-order valence-corrected chi connectivity index (χ2v) is 4.73. The van der Waals surface area contributed by atoms with E-state index in [9.17, 15) is 26.3 Å². The van der Waals surface area contributed by atoms with Crippen LogP contribution < -0.4 is 4.74 Å². The number of nitrogens with zero attached hydrogens (tertiary/aromatic N) is 2. The zero-order valence-corrected chi connectivity index (χ0v) is 12.0. The van der Waals surface area contributed by atoms with Gasteiger partial charge in [0.1, 0.15) is 17.4 Å². The van der Waals surface area contributed by atoms with E-state index in [4.69, 9.17) is 10.00 Å². The van der Waals surface area contributed by atoms with E-state index in [1.807, 2.05) is 0 Å². The van der Waals surface area contributed by atoms with Gasteiger partial charge in [-0.2, -0.15) is 31.6 Å². The molecular weight excluding hydrogens is 338 g/mol. The fourth-order valence-corrected chi connectivity index (χ4v) is 1.90. The average Bonchev–Trinajstić information content (AvgIpc) is 2.45. The Hall–Kier alpha value is -2.76. The van der Waals surface area contributed by atoms with Gasteiger partial charge < -0.3 is 4.74 Å². The maximum atomic E-state index is 13.0. The molecule has 0 atom stereocenters. The Bertz CT molecular complexity index is 805. The molecule has 0 amide bonds. The van der Waals surface area contributed by atoms with Crippen molar-refractivity contribution in [3.05, 3.63) is 52.7 Å². The number of hydrogen-bond acceptors (Lipinski definition) is 3. The summed E-state index contributed by atoms with van der Waals surface area (Å²) in [4.78, 5) is 3.68. The second-order valence-electron chi connectivity index (χ2n) is 4.73. The van der Waals surface area contributed by atoms with Gasteiger partial charge in [0, 0.05) is 5.69 Å². The maximum Gasteiger partial charge on any atom is 0.417 e. The molecular formula is C15H8F6N2O. The molecule has 9 heteroatoms. The molecule has 0 fully saturated rings. The first kappa shape index (κ1) is 17.6. The van der Waals surface area contributed by atoms with E-state index >= 15 is 0 Å². The third-order valence-electron chi connectivity index (χ3n) is 2.91. The molecule has 0 unspecified atom stereocenters. The first-order valence-electron chi connectivity index (χ1n) is 6.36. The van der Waals surface area contributed by atoms with Crippen molar-refractivity contribution >= 4 is 0 Å². The van der Waals surface area contributed by atoms with Crippen LogP contribution >= 0.6 is 0 Å². The van der Waals surface area contributed by atoms with E-state index in [0.29, 0.717) is 12.1 Å². The van der Waals surface area contributed by atoms with Crippen molar-refractivity contribution in [1.82, 2.24) is 4.98 Å². The molecule has 24 heavy (non-hydrogen) atoms. The summed E-state index contributed by atoms with van der Waals surface area (Å²) in [5.41, 5.74) is -3.30. The van der Waals surface area contributed by atoms with Crippen molar-refractivity contribution in [2.45, 2.75) is 19.3 Å². The van der Waals surface area contributed by atoms with Gasteiger partial charge in [0.15, 0.2) is 0 Å². The Kier molecular flexibility index (Phi) is 4.42. The van der Waals surface area contributed by atoms with Gasteiger partial charge in [0.05, 0.1) is 11.1 Å². The topological polar surface area (TPSA) is 45.9 Å². The summed E-state index contributed by atoms with van der Waals surface area (Å²) in [5.74, 6) is -1.09. The van der Waals surface area contributed by atoms with Crippen molar-refractivity contribution in [1.29, 1.82) is 5.26 Å². The van der Waals surface area contributed by atoms with Crippen molar-refractivity contribution in [2.75, 3.05) is 0 Å². The van der Waals surface area contributed by atoms with Gasteiger partial charge in [0.2, 0.25) is 5.88 Å². The lowest BCUT2D eigenvalue weighted by Gasteiger charge is -2.14. The molecule has 2 aromatic rings. The molecule has 1 aromatic carbocycles. The highest BCUT2D eigenvalue weighted by molar-refractivity contribution is 5.49. The number of benzene rings is 1. The second kappa shape index (κ2) is 6.03. The van der Waals surface area contributed by atoms with Crippen LogP contribution in [0.3, 0.4) is 0 Å². The number of alkyl halides is 6. The molecule has 0 spiro atoms. The number of hydrogen-bond donors (Lipinski definition) is 0. The third kappa shape index (κ3) is 3.76. The SMILES string of the molecule is Cc1cc(C(F)(F)F)c(C#N)c(Oc2cccc(C(F)(F)F)c2)n1. The molecule has 126 valence electrons. The Morgan fingerprint density at radius 1 is 1.04 bits per heavy atom. The van der Waals surface area contributed by atoms with Crippen LogP contribution in [0.2, 0.25) is 0 Å². The number of halogens is 6. The van der Waals surface area contributed by atoms with Crippen LogP contribution in [0.15, 0.2) is 30.3 Å². The smallest absolute Gasteiger partial charge is 0.417 e. The van der Waals surface area contributed by atoms with Crippen LogP contribution in [0.1, 0.15) is 22.4 Å². The van der Waals surface area contributed by atoms with Crippen LogP contribution in [0.4, 0.5) is 26.3 Å². The summed E-state index contributed by atoms with van der Waals surface area (Å²) in [7, 11) is 0. The van der Waals surface area contributed by atoms with Gasteiger partial charge in [0.25, 0.3) is 0 Å². The average molecular weight is 346 g/mol. The van der Waals surface area contributed by atoms with E-state index in [1.54, 1.807) is 0 Å². The maximum absolute atomic E-state index is 13.0. The molecule has 0 N–H and O–H groups in total. The monoisotopic (exact) mass is 346 g/mol. The number of aromatic nitrogens is 1. The van der Waals surface area contributed by atoms with Crippen molar-refractivity contribution in [3.63, 3.8) is 0 Å². The zero-order chi connectivity index (χ0) is 18.1. The molecule has 0 aliphatic heterocycles. The lowest BCUT2D eigenvalue weighted by molar-refractivity contribution is -0.138. The van der Waals surface area contributed by atoms with E-state index in [-0.39, 0.29) is 11.4 Å². The molecule has 0 aliphatic rings. The Labute approximate surface area is 132 Å². The lowest BCUT2D eigenvalue weighted by atomic mass is 10.1. The molecule has 0 saturated carbocycles. The highest BCUT2D eigenvalue weighted by Gasteiger charge is 2.36. The van der Waals surface area contributed by atoms with Gasteiger partial charge >= 0.3 is 12.4 Å². The zero-order valence-electron chi connectivity index (χ0n) is 12.0. The molecule has 0 aliphatic carbocycles. The van der Waals surface area contributed by atoms with Crippen LogP contribution in [-0.4, -0.2) is 4.98 Å². The fraction of sp³-hybridized carbons (Fsp3) is 0.200. The summed E-state index contributed by atoms with van der Waals surface area (Å²) >= 11 is 0. The minimum Gasteiger partial charge on any atom is -0.438 e. The normalized spacial score (nSPS) is 11.9. The minimum atomic E-state index is -4.83. The number of nitriles is 1. The first-order valence-corrected chi connectivity index (χ1v) is 6.36. The molecule has 1 heterocycles. The van der Waals surface area contributed by atoms with Gasteiger partial charge in [-0.05, 0) is 31.2 Å². The molecule has 2 rings (SSSR count). The minimum absolute atomic E-state index is 0.0942. The molecule has 0 radical (unpaired) electrons. The first-order chi connectivity index (χ1) is 11.0. The summed E-state index contributed by atoms with van der Waals surface area (Å²) in [5, 5.41) is 8.97. The summed E-state index contributed by atoms with van der Waals surface area (Å²) in [6.07, 6.45) is -9.47.